The maximum atomic E-state index is 10.9. The minimum absolute atomic E-state index is 0.0133. The first-order valence-electron chi connectivity index (χ1n) is 3.79. The largest absolute Gasteiger partial charge is 0.398 e. The van der Waals surface area contributed by atoms with Crippen molar-refractivity contribution < 1.29 is 4.79 Å². The van der Waals surface area contributed by atoms with Crippen LogP contribution in [0.1, 0.15) is 13.3 Å². The second kappa shape index (κ2) is 3.76. The Labute approximate surface area is 71.6 Å². The Kier molecular flexibility index (Phi) is 2.69. The smallest absolute Gasteiger partial charge is 0.224 e. The fourth-order valence-electron chi connectivity index (χ4n) is 0.812. The fourth-order valence-corrected chi connectivity index (χ4v) is 0.812. The third kappa shape index (κ3) is 2.27. The van der Waals surface area contributed by atoms with Gasteiger partial charge in [0.1, 0.15) is 0 Å². The highest BCUT2D eigenvalue weighted by atomic mass is 16.1. The monoisotopic (exact) mass is 163 g/mol. The Balaban J connectivity index is 2.69. The van der Waals surface area contributed by atoms with E-state index in [4.69, 9.17) is 5.73 Å². The van der Waals surface area contributed by atoms with Crippen LogP contribution < -0.4 is 11.1 Å². The van der Waals surface area contributed by atoms with E-state index in [1.54, 1.807) is 25.1 Å². The van der Waals surface area contributed by atoms with Gasteiger partial charge in [-0.3, -0.25) is 4.79 Å². The van der Waals surface area contributed by atoms with Crippen LogP contribution in [0.3, 0.4) is 0 Å². The molecule has 0 saturated carbocycles. The first kappa shape index (κ1) is 8.59. The Bertz CT molecular complexity index is 284. The van der Waals surface area contributed by atoms with Crippen LogP contribution in [0.15, 0.2) is 18.2 Å². The van der Waals surface area contributed by atoms with Gasteiger partial charge >= 0.3 is 0 Å². The second-order valence-corrected chi connectivity index (χ2v) is 2.43. The van der Waals surface area contributed by atoms with Gasteiger partial charge in [0.25, 0.3) is 0 Å². The number of nitrogens with two attached hydrogens (primary N) is 1. The average molecular weight is 163 g/mol. The van der Waals surface area contributed by atoms with E-state index in [0.29, 0.717) is 12.1 Å². The number of carbonyl (C=O) groups is 1. The molecule has 3 N–H and O–H groups in total. The molecule has 3 heteroatoms. The standard InChI is InChI=1S/C9H11N2O/c1-2-9(12)11-8-5-3-4-7(10)6-8/h3,5-6H,2,10H2,1H3,(H,11,12). The van der Waals surface area contributed by atoms with E-state index in [1.807, 2.05) is 0 Å². The van der Waals surface area contributed by atoms with Gasteiger partial charge in [-0.25, -0.2) is 0 Å². The van der Waals surface area contributed by atoms with Crippen molar-refractivity contribution in [3.05, 3.63) is 24.3 Å². The Morgan fingerprint density at radius 3 is 3.08 bits per heavy atom. The summed E-state index contributed by atoms with van der Waals surface area (Å²) in [4.78, 5) is 10.9. The molecular formula is C9H11N2O. The quantitative estimate of drug-likeness (QED) is 0.648. The van der Waals surface area contributed by atoms with Crippen LogP contribution in [0.25, 0.3) is 0 Å². The molecule has 0 aliphatic carbocycles. The summed E-state index contributed by atoms with van der Waals surface area (Å²) in [7, 11) is 0. The minimum Gasteiger partial charge on any atom is -0.398 e. The molecule has 0 aliphatic heterocycles. The zero-order valence-corrected chi connectivity index (χ0v) is 6.92. The number of hydrogen-bond acceptors (Lipinski definition) is 2. The molecule has 12 heavy (non-hydrogen) atoms. The highest BCUT2D eigenvalue weighted by Crippen LogP contribution is 2.10. The molecule has 0 bridgehead atoms. The van der Waals surface area contributed by atoms with Crippen molar-refractivity contribution in [2.75, 3.05) is 11.1 Å². The lowest BCUT2D eigenvalue weighted by Crippen LogP contribution is -2.09. The van der Waals surface area contributed by atoms with Crippen LogP contribution in [0.4, 0.5) is 11.4 Å². The zero-order valence-electron chi connectivity index (χ0n) is 6.92. The normalized spacial score (nSPS) is 9.42. The third-order valence-electron chi connectivity index (χ3n) is 1.43. The van der Waals surface area contributed by atoms with Crippen molar-refractivity contribution in [2.45, 2.75) is 13.3 Å². The van der Waals surface area contributed by atoms with Crippen molar-refractivity contribution in [3.63, 3.8) is 0 Å². The Hall–Kier alpha value is -1.51. The third-order valence-corrected chi connectivity index (χ3v) is 1.43. The molecule has 0 aliphatic rings. The average Bonchev–Trinajstić information content (AvgIpc) is 2.04. The van der Waals surface area contributed by atoms with E-state index < -0.39 is 0 Å². The highest BCUT2D eigenvalue weighted by Gasteiger charge is 1.97. The SMILES string of the molecule is CCC(=O)Nc1cc[c]c(N)c1. The number of amides is 1. The van der Waals surface area contributed by atoms with E-state index in [2.05, 4.69) is 11.4 Å². The summed E-state index contributed by atoms with van der Waals surface area (Å²) in [5.41, 5.74) is 6.72. The maximum Gasteiger partial charge on any atom is 0.224 e. The van der Waals surface area contributed by atoms with Gasteiger partial charge in [-0.05, 0) is 12.1 Å². The van der Waals surface area contributed by atoms with Gasteiger partial charge in [-0.2, -0.15) is 0 Å². The number of benzene rings is 1. The summed E-state index contributed by atoms with van der Waals surface area (Å²) in [6, 6.07) is 7.90. The fraction of sp³-hybridized carbons (Fsp3) is 0.222. The molecule has 0 atom stereocenters. The molecule has 1 radical (unpaired) electrons. The van der Waals surface area contributed by atoms with Crippen molar-refractivity contribution in [1.29, 1.82) is 0 Å². The summed E-state index contributed by atoms with van der Waals surface area (Å²) >= 11 is 0. The van der Waals surface area contributed by atoms with Gasteiger partial charge < -0.3 is 11.1 Å². The number of rotatable bonds is 2. The second-order valence-electron chi connectivity index (χ2n) is 2.43. The molecule has 0 heterocycles. The van der Waals surface area contributed by atoms with Gasteiger partial charge in [0, 0.05) is 23.9 Å². The number of nitrogen functional groups attached to an aromatic ring is 1. The first-order chi connectivity index (χ1) is 5.72. The molecule has 3 nitrogen and oxygen atoms in total. The summed E-state index contributed by atoms with van der Waals surface area (Å²) in [5.74, 6) is -0.0133. The van der Waals surface area contributed by atoms with Crippen molar-refractivity contribution >= 4 is 17.3 Å². The van der Waals surface area contributed by atoms with E-state index in [9.17, 15) is 4.79 Å². The summed E-state index contributed by atoms with van der Waals surface area (Å²) in [5, 5.41) is 2.69. The van der Waals surface area contributed by atoms with Gasteiger partial charge in [-0.1, -0.05) is 13.0 Å². The van der Waals surface area contributed by atoms with E-state index in [-0.39, 0.29) is 5.91 Å². The van der Waals surface area contributed by atoms with Gasteiger partial charge in [0.05, 0.1) is 0 Å². The minimum atomic E-state index is -0.0133. The molecular weight excluding hydrogens is 152 g/mol. The molecule has 0 aromatic heterocycles. The van der Waals surface area contributed by atoms with Crippen LogP contribution in [-0.4, -0.2) is 5.91 Å². The van der Waals surface area contributed by atoms with Crippen molar-refractivity contribution in [3.8, 4) is 0 Å². The molecule has 1 aromatic rings. The molecule has 0 saturated heterocycles. The first-order valence-corrected chi connectivity index (χ1v) is 3.79. The van der Waals surface area contributed by atoms with Crippen LogP contribution in [0, 0.1) is 6.07 Å². The maximum absolute atomic E-state index is 10.9. The highest BCUT2D eigenvalue weighted by molar-refractivity contribution is 5.90. The zero-order chi connectivity index (χ0) is 8.97. The molecule has 1 rings (SSSR count). The number of nitrogens with one attached hydrogen (secondary N) is 1. The Morgan fingerprint density at radius 2 is 2.50 bits per heavy atom. The number of anilines is 2. The molecule has 0 fully saturated rings. The topological polar surface area (TPSA) is 55.1 Å². The predicted octanol–water partition coefficient (Wildman–Crippen LogP) is 1.42. The lowest BCUT2D eigenvalue weighted by molar-refractivity contribution is -0.115. The van der Waals surface area contributed by atoms with Crippen LogP contribution in [0.5, 0.6) is 0 Å². The van der Waals surface area contributed by atoms with E-state index >= 15 is 0 Å². The molecule has 0 spiro atoms. The van der Waals surface area contributed by atoms with Crippen molar-refractivity contribution in [1.82, 2.24) is 0 Å². The number of hydrogen-bond donors (Lipinski definition) is 2. The molecule has 1 amide bonds. The van der Waals surface area contributed by atoms with E-state index in [1.165, 1.54) is 0 Å². The lowest BCUT2D eigenvalue weighted by atomic mass is 10.3. The van der Waals surface area contributed by atoms with Crippen LogP contribution in [0.2, 0.25) is 0 Å². The lowest BCUT2D eigenvalue weighted by Gasteiger charge is -2.02. The van der Waals surface area contributed by atoms with Gasteiger partial charge in [-0.15, -0.1) is 0 Å². The predicted molar refractivity (Wildman–Crippen MR) is 48.6 cm³/mol. The molecule has 1 aromatic carbocycles. The molecule has 63 valence electrons. The van der Waals surface area contributed by atoms with Gasteiger partial charge in [0.2, 0.25) is 5.91 Å². The van der Waals surface area contributed by atoms with Crippen LogP contribution in [-0.2, 0) is 4.79 Å². The van der Waals surface area contributed by atoms with Crippen molar-refractivity contribution in [2.24, 2.45) is 0 Å². The summed E-state index contributed by atoms with van der Waals surface area (Å²) < 4.78 is 0. The van der Waals surface area contributed by atoms with Gasteiger partial charge in [0.15, 0.2) is 0 Å². The number of carbonyl (C=O) groups excluding carboxylic acids is 1. The summed E-state index contributed by atoms with van der Waals surface area (Å²) in [6.07, 6.45) is 0.471. The van der Waals surface area contributed by atoms with Crippen LogP contribution >= 0.6 is 0 Å². The Morgan fingerprint density at radius 1 is 1.75 bits per heavy atom. The molecule has 0 unspecified atom stereocenters. The van der Waals surface area contributed by atoms with E-state index in [0.717, 1.165) is 5.69 Å². The summed E-state index contributed by atoms with van der Waals surface area (Å²) in [6.45, 7) is 1.80.